The number of hydrogen-bond donors (Lipinski definition) is 2. The Morgan fingerprint density at radius 1 is 1.18 bits per heavy atom. The fourth-order valence-corrected chi connectivity index (χ4v) is 2.42. The lowest BCUT2D eigenvalue weighted by Crippen LogP contribution is -2.13. The summed E-state index contributed by atoms with van der Waals surface area (Å²) in [4.78, 5) is 0. The molecular formula is C9H7Cl2N3O2S. The lowest BCUT2D eigenvalue weighted by atomic mass is 10.3. The van der Waals surface area contributed by atoms with Gasteiger partial charge in [0.1, 0.15) is 0 Å². The summed E-state index contributed by atoms with van der Waals surface area (Å²) in [6, 6.07) is 5.80. The van der Waals surface area contributed by atoms with Gasteiger partial charge in [-0.1, -0.05) is 23.2 Å². The van der Waals surface area contributed by atoms with E-state index in [0.29, 0.717) is 10.7 Å². The summed E-state index contributed by atoms with van der Waals surface area (Å²) in [6.45, 7) is 0. The average Bonchev–Trinajstić information content (AvgIpc) is 2.77. The molecule has 0 aliphatic heterocycles. The van der Waals surface area contributed by atoms with Crippen LogP contribution in [0.1, 0.15) is 0 Å². The van der Waals surface area contributed by atoms with E-state index in [0.717, 1.165) is 0 Å². The number of nitrogens with zero attached hydrogens (tertiary/aromatic N) is 1. The number of benzene rings is 1. The van der Waals surface area contributed by atoms with E-state index in [1.54, 1.807) is 0 Å². The molecular weight excluding hydrogens is 285 g/mol. The van der Waals surface area contributed by atoms with Crippen LogP contribution in [0.2, 0.25) is 10.0 Å². The number of aromatic nitrogens is 2. The number of nitrogens with one attached hydrogen (secondary N) is 2. The zero-order valence-electron chi connectivity index (χ0n) is 8.31. The van der Waals surface area contributed by atoms with Gasteiger partial charge in [0.25, 0.3) is 10.0 Å². The summed E-state index contributed by atoms with van der Waals surface area (Å²) >= 11 is 11.5. The van der Waals surface area contributed by atoms with E-state index in [4.69, 9.17) is 23.2 Å². The molecule has 0 atom stereocenters. The Morgan fingerprint density at radius 2 is 1.94 bits per heavy atom. The number of rotatable bonds is 3. The third-order valence-corrected chi connectivity index (χ3v) is 3.99. The number of hydrogen-bond acceptors (Lipinski definition) is 3. The minimum absolute atomic E-state index is 0.0245. The van der Waals surface area contributed by atoms with Crippen molar-refractivity contribution in [3.8, 4) is 0 Å². The second-order valence-electron chi connectivity index (χ2n) is 3.16. The van der Waals surface area contributed by atoms with E-state index in [2.05, 4.69) is 14.9 Å². The zero-order valence-corrected chi connectivity index (χ0v) is 10.6. The predicted octanol–water partition coefficient (Wildman–Crippen LogP) is 2.52. The molecule has 0 fully saturated rings. The van der Waals surface area contributed by atoms with Crippen molar-refractivity contribution in [2.24, 2.45) is 0 Å². The van der Waals surface area contributed by atoms with Crippen LogP contribution < -0.4 is 4.72 Å². The largest absolute Gasteiger partial charge is 0.278 e. The Bertz CT molecular complexity index is 626. The first kappa shape index (κ1) is 12.2. The standard InChI is InChI=1S/C9H7Cl2N3O2S/c10-7-2-1-6(5-8(7)11)14-17(15,16)9-3-4-12-13-9/h1-5,14H,(H,12,13). The molecule has 0 radical (unpaired) electrons. The highest BCUT2D eigenvalue weighted by Gasteiger charge is 2.15. The zero-order chi connectivity index (χ0) is 12.5. The highest BCUT2D eigenvalue weighted by Crippen LogP contribution is 2.26. The van der Waals surface area contributed by atoms with Gasteiger partial charge in [0.2, 0.25) is 0 Å². The maximum Gasteiger partial charge on any atom is 0.278 e. The van der Waals surface area contributed by atoms with Gasteiger partial charge in [-0.25, -0.2) is 0 Å². The lowest BCUT2D eigenvalue weighted by molar-refractivity contribution is 0.597. The van der Waals surface area contributed by atoms with Crippen molar-refractivity contribution < 1.29 is 8.42 Å². The van der Waals surface area contributed by atoms with Gasteiger partial charge in [-0.3, -0.25) is 9.82 Å². The molecule has 0 unspecified atom stereocenters. The fraction of sp³-hybridized carbons (Fsp3) is 0. The number of anilines is 1. The SMILES string of the molecule is O=S(=O)(Nc1ccc(Cl)c(Cl)c1)c1ccn[nH]1. The van der Waals surface area contributed by atoms with Gasteiger partial charge in [0, 0.05) is 0 Å². The van der Waals surface area contributed by atoms with Gasteiger partial charge in [-0.2, -0.15) is 13.5 Å². The minimum atomic E-state index is -3.67. The molecule has 90 valence electrons. The van der Waals surface area contributed by atoms with Crippen LogP contribution in [-0.2, 0) is 10.0 Å². The summed E-state index contributed by atoms with van der Waals surface area (Å²) < 4.78 is 25.9. The van der Waals surface area contributed by atoms with Crippen molar-refractivity contribution in [1.29, 1.82) is 0 Å². The third kappa shape index (κ3) is 2.71. The smallest absolute Gasteiger partial charge is 0.278 e. The minimum Gasteiger partial charge on any atom is -0.278 e. The van der Waals surface area contributed by atoms with Crippen LogP contribution in [0.3, 0.4) is 0 Å². The first-order valence-corrected chi connectivity index (χ1v) is 6.70. The molecule has 0 spiro atoms. The van der Waals surface area contributed by atoms with E-state index < -0.39 is 10.0 Å². The maximum absolute atomic E-state index is 11.8. The molecule has 0 bridgehead atoms. The Hall–Kier alpha value is -1.24. The summed E-state index contributed by atoms with van der Waals surface area (Å²) in [5, 5.41) is 6.54. The third-order valence-electron chi connectivity index (χ3n) is 1.94. The molecule has 0 saturated carbocycles. The first-order valence-electron chi connectivity index (χ1n) is 4.46. The quantitative estimate of drug-likeness (QED) is 0.912. The highest BCUT2D eigenvalue weighted by molar-refractivity contribution is 7.92. The molecule has 0 aliphatic rings. The molecule has 1 aromatic carbocycles. The van der Waals surface area contributed by atoms with Crippen molar-refractivity contribution in [1.82, 2.24) is 10.2 Å². The van der Waals surface area contributed by atoms with E-state index >= 15 is 0 Å². The number of halogens is 2. The Labute approximate surface area is 108 Å². The first-order chi connectivity index (χ1) is 7.99. The van der Waals surface area contributed by atoms with Crippen molar-refractivity contribution in [2.75, 3.05) is 4.72 Å². The molecule has 17 heavy (non-hydrogen) atoms. The monoisotopic (exact) mass is 291 g/mol. The fourth-order valence-electron chi connectivity index (χ4n) is 1.16. The van der Waals surface area contributed by atoms with E-state index in [-0.39, 0.29) is 10.0 Å². The maximum atomic E-state index is 11.8. The summed E-state index contributed by atoms with van der Waals surface area (Å²) in [5.74, 6) is 0. The van der Waals surface area contributed by atoms with Crippen LogP contribution in [0.5, 0.6) is 0 Å². The van der Waals surface area contributed by atoms with Gasteiger partial charge in [0.15, 0.2) is 5.03 Å². The van der Waals surface area contributed by atoms with Gasteiger partial charge in [-0.05, 0) is 24.3 Å². The summed E-state index contributed by atoms with van der Waals surface area (Å²) in [6.07, 6.45) is 1.35. The molecule has 2 rings (SSSR count). The molecule has 5 nitrogen and oxygen atoms in total. The lowest BCUT2D eigenvalue weighted by Gasteiger charge is -2.06. The summed E-state index contributed by atoms with van der Waals surface area (Å²) in [7, 11) is -3.67. The van der Waals surface area contributed by atoms with Crippen LogP contribution in [0.4, 0.5) is 5.69 Å². The average molecular weight is 292 g/mol. The van der Waals surface area contributed by atoms with E-state index in [9.17, 15) is 8.42 Å². The number of H-pyrrole nitrogens is 1. The second kappa shape index (κ2) is 4.56. The number of sulfonamides is 1. The number of aromatic amines is 1. The van der Waals surface area contributed by atoms with Crippen LogP contribution in [0.15, 0.2) is 35.5 Å². The van der Waals surface area contributed by atoms with Crippen molar-refractivity contribution in [3.63, 3.8) is 0 Å². The summed E-state index contributed by atoms with van der Waals surface area (Å²) in [5.41, 5.74) is 0.328. The Morgan fingerprint density at radius 3 is 2.53 bits per heavy atom. The topological polar surface area (TPSA) is 74.8 Å². The van der Waals surface area contributed by atoms with Crippen molar-refractivity contribution in [3.05, 3.63) is 40.5 Å². The Balaban J connectivity index is 2.30. The Kier molecular flexibility index (Phi) is 3.28. The molecule has 8 heteroatoms. The van der Waals surface area contributed by atoms with E-state index in [1.165, 1.54) is 30.5 Å². The predicted molar refractivity (Wildman–Crippen MR) is 65.9 cm³/mol. The highest BCUT2D eigenvalue weighted by atomic mass is 35.5. The molecule has 2 aromatic rings. The van der Waals surface area contributed by atoms with Crippen LogP contribution >= 0.6 is 23.2 Å². The van der Waals surface area contributed by atoms with Crippen molar-refractivity contribution in [2.45, 2.75) is 5.03 Å². The van der Waals surface area contributed by atoms with Gasteiger partial charge in [0.05, 0.1) is 21.9 Å². The van der Waals surface area contributed by atoms with Gasteiger partial charge in [-0.15, -0.1) is 0 Å². The molecule has 0 aliphatic carbocycles. The normalized spacial score (nSPS) is 11.4. The van der Waals surface area contributed by atoms with E-state index in [1.807, 2.05) is 0 Å². The molecule has 2 N–H and O–H groups in total. The van der Waals surface area contributed by atoms with Gasteiger partial charge >= 0.3 is 0 Å². The van der Waals surface area contributed by atoms with Crippen LogP contribution in [-0.4, -0.2) is 18.6 Å². The molecule has 1 aromatic heterocycles. The second-order valence-corrected chi connectivity index (χ2v) is 5.62. The van der Waals surface area contributed by atoms with Crippen molar-refractivity contribution >= 4 is 38.9 Å². The van der Waals surface area contributed by atoms with Gasteiger partial charge < -0.3 is 0 Å². The molecule has 0 amide bonds. The molecule has 1 heterocycles. The van der Waals surface area contributed by atoms with Crippen LogP contribution in [0.25, 0.3) is 0 Å². The molecule has 0 saturated heterocycles. The van der Waals surface area contributed by atoms with Crippen LogP contribution in [0, 0.1) is 0 Å².